The van der Waals surface area contributed by atoms with Gasteiger partial charge in [0.05, 0.1) is 60.0 Å². The van der Waals surface area contributed by atoms with Crippen molar-refractivity contribution >= 4 is 62.4 Å². The van der Waals surface area contributed by atoms with Crippen molar-refractivity contribution in [2.75, 3.05) is 27.9 Å². The molecule has 1 aliphatic rings. The Hall–Kier alpha value is -5.11. The third kappa shape index (κ3) is 6.16. The first kappa shape index (κ1) is 32.4. The molecule has 248 valence electrons. The van der Waals surface area contributed by atoms with Gasteiger partial charge in [-0.05, 0) is 60.6 Å². The molecule has 3 aromatic heterocycles. The molecule has 0 amide bonds. The number of para-hydroxylation sites is 1. The number of hydrogen-bond acceptors (Lipinski definition) is 12. The van der Waals surface area contributed by atoms with Gasteiger partial charge in [0.2, 0.25) is 5.75 Å². The van der Waals surface area contributed by atoms with Crippen molar-refractivity contribution < 1.29 is 28.2 Å². The molecule has 4 heterocycles. The zero-order chi connectivity index (χ0) is 34.1. The molecule has 6 aromatic rings. The number of hydrogen-bond donors (Lipinski definition) is 0. The molecule has 10 nitrogen and oxygen atoms in total. The van der Waals surface area contributed by atoms with Crippen molar-refractivity contribution in [2.24, 2.45) is 4.99 Å². The second-order valence-electron chi connectivity index (χ2n) is 10.6. The molecule has 3 aromatic carbocycles. The largest absolute Gasteiger partial charge is 0.493 e. The number of esters is 1. The molecule has 0 bridgehead atoms. The molecule has 0 unspecified atom stereocenters. The molecular formula is C36H29N3O7S3. The van der Waals surface area contributed by atoms with E-state index in [-0.39, 0.29) is 17.7 Å². The average molecular weight is 712 g/mol. The Balaban J connectivity index is 1.39. The SMILES string of the molecule is CCOC(=O)C1=C(c2ccccc2)N=c2s/c(=C\c3ccc(Sc4nc5ccccc5s4)o3)c(=O)n2[C@H]1c1cc(OC)c(OC)c(OC)c1. The van der Waals surface area contributed by atoms with Crippen LogP contribution in [-0.2, 0) is 9.53 Å². The summed E-state index contributed by atoms with van der Waals surface area (Å²) < 4.78 is 32.4. The van der Waals surface area contributed by atoms with Gasteiger partial charge in [-0.25, -0.2) is 14.8 Å². The van der Waals surface area contributed by atoms with Gasteiger partial charge in [0.15, 0.2) is 25.7 Å². The third-order valence-electron chi connectivity index (χ3n) is 7.71. The minimum absolute atomic E-state index is 0.132. The van der Waals surface area contributed by atoms with E-state index in [1.54, 1.807) is 36.5 Å². The van der Waals surface area contributed by atoms with Gasteiger partial charge in [0.1, 0.15) is 5.76 Å². The number of ether oxygens (including phenoxy) is 4. The molecule has 0 spiro atoms. The van der Waals surface area contributed by atoms with Crippen molar-refractivity contribution in [2.45, 2.75) is 22.4 Å². The molecule has 0 saturated carbocycles. The fraction of sp³-hybridized carbons (Fsp3) is 0.167. The van der Waals surface area contributed by atoms with Crippen LogP contribution < -0.4 is 29.1 Å². The summed E-state index contributed by atoms with van der Waals surface area (Å²) in [5.41, 5.74) is 2.42. The summed E-state index contributed by atoms with van der Waals surface area (Å²) in [5, 5.41) is 0.643. The lowest BCUT2D eigenvalue weighted by Gasteiger charge is -2.27. The minimum Gasteiger partial charge on any atom is -0.493 e. The summed E-state index contributed by atoms with van der Waals surface area (Å²) in [6.45, 7) is 1.86. The number of carbonyl (C=O) groups excluding carboxylic acids is 1. The number of fused-ring (bicyclic) bond motifs is 2. The Bertz CT molecular complexity index is 2350. The zero-order valence-electron chi connectivity index (χ0n) is 26.8. The highest BCUT2D eigenvalue weighted by molar-refractivity contribution is 8.01. The first-order valence-electron chi connectivity index (χ1n) is 15.1. The van der Waals surface area contributed by atoms with Crippen molar-refractivity contribution in [1.82, 2.24) is 9.55 Å². The second-order valence-corrected chi connectivity index (χ2v) is 13.9. The first-order valence-corrected chi connectivity index (χ1v) is 17.6. The predicted molar refractivity (Wildman–Crippen MR) is 190 cm³/mol. The molecule has 0 saturated heterocycles. The summed E-state index contributed by atoms with van der Waals surface area (Å²) in [5.74, 6) is 1.01. The molecule has 7 rings (SSSR count). The maximum absolute atomic E-state index is 14.4. The average Bonchev–Trinajstić information content (AvgIpc) is 3.84. The highest BCUT2D eigenvalue weighted by Crippen LogP contribution is 2.43. The Kier molecular flexibility index (Phi) is 9.13. The lowest BCUT2D eigenvalue weighted by molar-refractivity contribution is -0.138. The summed E-state index contributed by atoms with van der Waals surface area (Å²) in [7, 11) is 4.53. The molecule has 0 fully saturated rings. The van der Waals surface area contributed by atoms with Crippen LogP contribution in [0.15, 0.2) is 108 Å². The van der Waals surface area contributed by atoms with Gasteiger partial charge >= 0.3 is 5.97 Å². The van der Waals surface area contributed by atoms with E-state index in [9.17, 15) is 9.59 Å². The number of nitrogens with zero attached hydrogens (tertiary/aromatic N) is 3. The van der Waals surface area contributed by atoms with Crippen LogP contribution >= 0.6 is 34.4 Å². The molecule has 49 heavy (non-hydrogen) atoms. The van der Waals surface area contributed by atoms with Crippen LogP contribution in [0.5, 0.6) is 17.2 Å². The highest BCUT2D eigenvalue weighted by atomic mass is 32.2. The predicted octanol–water partition coefficient (Wildman–Crippen LogP) is 6.32. The standard InChI is InChI=1S/C36H29N3O7S3/c1-5-45-34(41)29-30(20-11-7-6-8-12-20)38-35-39(31(29)21-17-24(42-2)32(44-4)25(18-21)43-3)33(40)27(47-35)19-22-15-16-28(46-22)49-36-37-23-13-9-10-14-26(23)48-36/h6-19,31H,5H2,1-4H3/b27-19-/t31-/m0/s1. The molecule has 0 aliphatic carbocycles. The molecule has 1 aliphatic heterocycles. The van der Waals surface area contributed by atoms with Gasteiger partial charge < -0.3 is 23.4 Å². The van der Waals surface area contributed by atoms with Gasteiger partial charge in [-0.2, -0.15) is 0 Å². The van der Waals surface area contributed by atoms with E-state index in [0.29, 0.717) is 54.3 Å². The number of methoxy groups -OCH3 is 3. The monoisotopic (exact) mass is 711 g/mol. The van der Waals surface area contributed by atoms with E-state index in [2.05, 4.69) is 4.98 Å². The number of aromatic nitrogens is 2. The van der Waals surface area contributed by atoms with Crippen LogP contribution in [0.4, 0.5) is 0 Å². The first-order chi connectivity index (χ1) is 23.9. The van der Waals surface area contributed by atoms with E-state index in [4.69, 9.17) is 28.4 Å². The van der Waals surface area contributed by atoms with Crippen LogP contribution in [-0.4, -0.2) is 43.5 Å². The van der Waals surface area contributed by atoms with Crippen molar-refractivity contribution in [3.05, 3.63) is 121 Å². The minimum atomic E-state index is -0.942. The number of furan rings is 1. The van der Waals surface area contributed by atoms with Crippen LogP contribution in [0.2, 0.25) is 0 Å². The van der Waals surface area contributed by atoms with E-state index in [0.717, 1.165) is 14.6 Å². The van der Waals surface area contributed by atoms with Crippen LogP contribution in [0.25, 0.3) is 22.0 Å². The smallest absolute Gasteiger partial charge is 0.338 e. The zero-order valence-corrected chi connectivity index (χ0v) is 29.2. The fourth-order valence-corrected chi connectivity index (χ4v) is 8.54. The second kappa shape index (κ2) is 13.8. The van der Waals surface area contributed by atoms with Gasteiger partial charge in [0, 0.05) is 11.6 Å². The van der Waals surface area contributed by atoms with Gasteiger partial charge in [-0.3, -0.25) is 9.36 Å². The Morgan fingerprint density at radius 2 is 1.69 bits per heavy atom. The summed E-state index contributed by atoms with van der Waals surface area (Å²) >= 11 is 4.21. The molecule has 13 heteroatoms. The third-order valence-corrected chi connectivity index (χ3v) is 10.7. The van der Waals surface area contributed by atoms with E-state index in [1.807, 2.05) is 66.7 Å². The lowest BCUT2D eigenvalue weighted by Crippen LogP contribution is -2.40. The maximum Gasteiger partial charge on any atom is 0.338 e. The quantitative estimate of drug-likeness (QED) is 0.151. The Morgan fingerprint density at radius 3 is 2.39 bits per heavy atom. The molecule has 1 atom stereocenters. The Labute approximate surface area is 292 Å². The fourth-order valence-electron chi connectivity index (χ4n) is 5.59. The highest BCUT2D eigenvalue weighted by Gasteiger charge is 2.36. The van der Waals surface area contributed by atoms with Crippen LogP contribution in [0, 0.1) is 0 Å². The summed E-state index contributed by atoms with van der Waals surface area (Å²) in [6.07, 6.45) is 1.69. The number of thiazole rings is 2. The van der Waals surface area contributed by atoms with E-state index >= 15 is 0 Å². The topological polar surface area (TPSA) is 114 Å². The van der Waals surface area contributed by atoms with Gasteiger partial charge in [-0.15, -0.1) is 11.3 Å². The summed E-state index contributed by atoms with van der Waals surface area (Å²) in [6, 6.07) is 23.5. The van der Waals surface area contributed by atoms with Crippen molar-refractivity contribution in [1.29, 1.82) is 0 Å². The van der Waals surface area contributed by atoms with Crippen LogP contribution in [0.3, 0.4) is 0 Å². The van der Waals surface area contributed by atoms with Crippen molar-refractivity contribution in [3.63, 3.8) is 0 Å². The maximum atomic E-state index is 14.4. The normalized spacial score (nSPS) is 14.4. The Morgan fingerprint density at radius 1 is 0.959 bits per heavy atom. The van der Waals surface area contributed by atoms with Gasteiger partial charge in [-0.1, -0.05) is 53.8 Å². The van der Waals surface area contributed by atoms with Crippen LogP contribution in [0.1, 0.15) is 29.9 Å². The molecule has 0 N–H and O–H groups in total. The molecular weight excluding hydrogens is 683 g/mol. The van der Waals surface area contributed by atoms with E-state index in [1.165, 1.54) is 49.0 Å². The van der Waals surface area contributed by atoms with E-state index < -0.39 is 12.0 Å². The lowest BCUT2D eigenvalue weighted by atomic mass is 9.92. The number of rotatable bonds is 10. The van der Waals surface area contributed by atoms with Crippen molar-refractivity contribution in [3.8, 4) is 17.2 Å². The molecule has 0 radical (unpaired) electrons. The number of benzene rings is 3. The van der Waals surface area contributed by atoms with Gasteiger partial charge in [0.25, 0.3) is 5.56 Å². The number of carbonyl (C=O) groups is 1. The summed E-state index contributed by atoms with van der Waals surface area (Å²) in [4.78, 5) is 38.2.